The van der Waals surface area contributed by atoms with Crippen LogP contribution in [0.25, 0.3) is 0 Å². The second-order valence-electron chi connectivity index (χ2n) is 6.44. The van der Waals surface area contributed by atoms with Gasteiger partial charge in [-0.2, -0.15) is 0 Å². The summed E-state index contributed by atoms with van der Waals surface area (Å²) in [6, 6.07) is 5.92. The Balaban J connectivity index is 1.73. The zero-order valence-corrected chi connectivity index (χ0v) is 14.7. The van der Waals surface area contributed by atoms with Crippen molar-refractivity contribution in [1.29, 1.82) is 0 Å². The molecule has 0 fully saturated rings. The first kappa shape index (κ1) is 18.5. The van der Waals surface area contributed by atoms with Gasteiger partial charge in [-0.3, -0.25) is 4.79 Å². The summed E-state index contributed by atoms with van der Waals surface area (Å²) in [5, 5.41) is 3.00. The molecule has 6 nitrogen and oxygen atoms in total. The Kier molecular flexibility index (Phi) is 6.87. The number of ether oxygens (including phenoxy) is 4. The summed E-state index contributed by atoms with van der Waals surface area (Å²) < 4.78 is 21.0. The minimum Gasteiger partial charge on any atom is -0.454 e. The average molecular weight is 337 g/mol. The van der Waals surface area contributed by atoms with E-state index in [9.17, 15) is 4.79 Å². The van der Waals surface area contributed by atoms with Crippen LogP contribution < -0.4 is 14.8 Å². The summed E-state index contributed by atoms with van der Waals surface area (Å²) in [6.07, 6.45) is 1.17. The molecule has 1 aromatic carbocycles. The van der Waals surface area contributed by atoms with E-state index in [0.29, 0.717) is 39.2 Å². The molecule has 0 radical (unpaired) electrons. The fourth-order valence-corrected chi connectivity index (χ4v) is 2.41. The molecule has 1 amide bonds. The van der Waals surface area contributed by atoms with E-state index in [0.717, 1.165) is 17.1 Å². The molecule has 0 aliphatic carbocycles. The van der Waals surface area contributed by atoms with Gasteiger partial charge in [-0.25, -0.2) is 0 Å². The molecule has 0 spiro atoms. The molecule has 1 aromatic rings. The van der Waals surface area contributed by atoms with Gasteiger partial charge in [0.05, 0.1) is 13.2 Å². The molecule has 1 N–H and O–H groups in total. The first-order chi connectivity index (χ1) is 11.5. The third-order valence-corrected chi connectivity index (χ3v) is 4.01. The second-order valence-corrected chi connectivity index (χ2v) is 6.44. The van der Waals surface area contributed by atoms with Crippen molar-refractivity contribution < 1.29 is 23.7 Å². The molecular formula is C18H27NO5. The van der Waals surface area contributed by atoms with Gasteiger partial charge >= 0.3 is 0 Å². The zero-order chi connectivity index (χ0) is 17.4. The molecule has 1 aliphatic heterocycles. The molecule has 24 heavy (non-hydrogen) atoms. The number of rotatable bonds is 10. The largest absolute Gasteiger partial charge is 0.454 e. The van der Waals surface area contributed by atoms with Crippen LogP contribution in [0.2, 0.25) is 0 Å². The van der Waals surface area contributed by atoms with Crippen LogP contribution in [0.4, 0.5) is 0 Å². The molecule has 0 bridgehead atoms. The van der Waals surface area contributed by atoms with Crippen molar-refractivity contribution in [2.24, 2.45) is 0 Å². The maximum Gasteiger partial charge on any atom is 0.231 e. The van der Waals surface area contributed by atoms with Gasteiger partial charge in [0, 0.05) is 32.1 Å². The fourth-order valence-electron chi connectivity index (χ4n) is 2.41. The summed E-state index contributed by atoms with van der Waals surface area (Å²) in [5.74, 6) is 1.58. The normalized spacial score (nSPS) is 13.1. The standard InChI is InChI=1S/C18H27NO5/c1-18(2,14-6-7-15-16(11-14)24-13-23-15)12-19-17(20)5-4-8-22-10-9-21-3/h6-7,11H,4-5,8-10,12-13H2,1-3H3,(H,19,20). The highest BCUT2D eigenvalue weighted by Crippen LogP contribution is 2.36. The molecule has 134 valence electrons. The Morgan fingerprint density at radius 2 is 2.00 bits per heavy atom. The third kappa shape index (κ3) is 5.39. The molecule has 0 aromatic heterocycles. The number of hydrogen-bond acceptors (Lipinski definition) is 5. The smallest absolute Gasteiger partial charge is 0.231 e. The topological polar surface area (TPSA) is 66.0 Å². The van der Waals surface area contributed by atoms with Gasteiger partial charge in [0.1, 0.15) is 0 Å². The van der Waals surface area contributed by atoms with Crippen LogP contribution in [0.1, 0.15) is 32.3 Å². The second kappa shape index (κ2) is 8.89. The lowest BCUT2D eigenvalue weighted by atomic mass is 9.84. The fraction of sp³-hybridized carbons (Fsp3) is 0.611. The Hall–Kier alpha value is -1.79. The van der Waals surface area contributed by atoms with E-state index < -0.39 is 0 Å². The number of benzene rings is 1. The molecule has 0 saturated carbocycles. The van der Waals surface area contributed by atoms with Crippen LogP contribution in [-0.2, 0) is 19.7 Å². The van der Waals surface area contributed by atoms with Crippen molar-refractivity contribution in [1.82, 2.24) is 5.32 Å². The molecule has 0 atom stereocenters. The summed E-state index contributed by atoms with van der Waals surface area (Å²) in [6.45, 7) is 6.74. The Morgan fingerprint density at radius 3 is 2.79 bits per heavy atom. The average Bonchev–Trinajstić information content (AvgIpc) is 3.04. The molecule has 1 heterocycles. The van der Waals surface area contributed by atoms with E-state index in [-0.39, 0.29) is 18.1 Å². The van der Waals surface area contributed by atoms with E-state index in [1.807, 2.05) is 18.2 Å². The van der Waals surface area contributed by atoms with Crippen LogP contribution in [0, 0.1) is 0 Å². The number of methoxy groups -OCH3 is 1. The number of nitrogens with one attached hydrogen (secondary N) is 1. The van der Waals surface area contributed by atoms with Crippen molar-refractivity contribution >= 4 is 5.91 Å². The molecule has 6 heteroatoms. The van der Waals surface area contributed by atoms with Crippen LogP contribution in [0.15, 0.2) is 18.2 Å². The van der Waals surface area contributed by atoms with Crippen LogP contribution >= 0.6 is 0 Å². The number of amides is 1. The van der Waals surface area contributed by atoms with E-state index in [2.05, 4.69) is 19.2 Å². The van der Waals surface area contributed by atoms with Gasteiger partial charge < -0.3 is 24.3 Å². The lowest BCUT2D eigenvalue weighted by molar-refractivity contribution is -0.121. The van der Waals surface area contributed by atoms with Gasteiger partial charge in [-0.1, -0.05) is 19.9 Å². The van der Waals surface area contributed by atoms with Crippen LogP contribution in [0.5, 0.6) is 11.5 Å². The highest BCUT2D eigenvalue weighted by Gasteiger charge is 2.24. The minimum atomic E-state index is -0.189. The number of fused-ring (bicyclic) bond motifs is 1. The van der Waals surface area contributed by atoms with Crippen LogP contribution in [0.3, 0.4) is 0 Å². The lowest BCUT2D eigenvalue weighted by Crippen LogP contribution is -2.36. The van der Waals surface area contributed by atoms with Crippen LogP contribution in [-0.4, -0.2) is 46.2 Å². The lowest BCUT2D eigenvalue weighted by Gasteiger charge is -2.26. The summed E-state index contributed by atoms with van der Waals surface area (Å²) in [5.41, 5.74) is 0.918. The number of carbonyl (C=O) groups excluding carboxylic acids is 1. The minimum absolute atomic E-state index is 0.0409. The van der Waals surface area contributed by atoms with E-state index >= 15 is 0 Å². The Labute approximate surface area is 143 Å². The highest BCUT2D eigenvalue weighted by molar-refractivity contribution is 5.76. The monoisotopic (exact) mass is 337 g/mol. The first-order valence-corrected chi connectivity index (χ1v) is 8.26. The molecule has 0 saturated heterocycles. The van der Waals surface area contributed by atoms with Gasteiger partial charge in [0.2, 0.25) is 12.7 Å². The SMILES string of the molecule is COCCOCCCC(=O)NCC(C)(C)c1ccc2c(c1)OCO2. The predicted molar refractivity (Wildman–Crippen MR) is 90.5 cm³/mol. The first-order valence-electron chi connectivity index (χ1n) is 8.26. The summed E-state index contributed by atoms with van der Waals surface area (Å²) in [7, 11) is 1.64. The molecule has 0 unspecified atom stereocenters. The molecular weight excluding hydrogens is 310 g/mol. The highest BCUT2D eigenvalue weighted by atomic mass is 16.7. The summed E-state index contributed by atoms with van der Waals surface area (Å²) >= 11 is 0. The maximum atomic E-state index is 12.0. The maximum absolute atomic E-state index is 12.0. The molecule has 1 aliphatic rings. The van der Waals surface area contributed by atoms with Crippen molar-refractivity contribution in [3.05, 3.63) is 23.8 Å². The van der Waals surface area contributed by atoms with Crippen molar-refractivity contribution in [3.8, 4) is 11.5 Å². The predicted octanol–water partition coefficient (Wildman–Crippen LogP) is 2.25. The third-order valence-electron chi connectivity index (χ3n) is 4.01. The van der Waals surface area contributed by atoms with E-state index in [1.165, 1.54) is 0 Å². The van der Waals surface area contributed by atoms with Crippen molar-refractivity contribution in [2.45, 2.75) is 32.1 Å². The number of hydrogen-bond donors (Lipinski definition) is 1. The Morgan fingerprint density at radius 1 is 1.21 bits per heavy atom. The van der Waals surface area contributed by atoms with Gasteiger partial charge in [0.15, 0.2) is 11.5 Å². The Bertz CT molecular complexity index is 544. The van der Waals surface area contributed by atoms with E-state index in [4.69, 9.17) is 18.9 Å². The quantitative estimate of drug-likeness (QED) is 0.663. The number of carbonyl (C=O) groups is 1. The van der Waals surface area contributed by atoms with E-state index in [1.54, 1.807) is 7.11 Å². The van der Waals surface area contributed by atoms with Gasteiger partial charge in [-0.05, 0) is 24.1 Å². The van der Waals surface area contributed by atoms with Crippen molar-refractivity contribution in [2.75, 3.05) is 40.3 Å². The summed E-state index contributed by atoms with van der Waals surface area (Å²) in [4.78, 5) is 12.0. The van der Waals surface area contributed by atoms with Gasteiger partial charge in [0.25, 0.3) is 0 Å². The zero-order valence-electron chi connectivity index (χ0n) is 14.7. The van der Waals surface area contributed by atoms with Crippen molar-refractivity contribution in [3.63, 3.8) is 0 Å². The van der Waals surface area contributed by atoms with Gasteiger partial charge in [-0.15, -0.1) is 0 Å². The molecule has 2 rings (SSSR count).